The average Bonchev–Trinajstić information content (AvgIpc) is 0. The van der Waals surface area contributed by atoms with Crippen LogP contribution in [0.2, 0.25) is 0 Å². The zero-order valence-corrected chi connectivity index (χ0v) is 9.06. The van der Waals surface area contributed by atoms with E-state index in [1.54, 1.807) is 0 Å². The van der Waals surface area contributed by atoms with Gasteiger partial charge in [-0.2, -0.15) is 0 Å². The van der Waals surface area contributed by atoms with Crippen molar-refractivity contribution in [2.75, 3.05) is 0 Å². The number of rotatable bonds is 0. The minimum absolute atomic E-state index is 0. The topological polar surface area (TPSA) is 114 Å². The predicted octanol–water partition coefficient (Wildman–Crippen LogP) is -3.48. The fourth-order valence-electron chi connectivity index (χ4n) is 0. The number of hydrogen-bond donors (Lipinski definition) is 0. The van der Waals surface area contributed by atoms with E-state index in [4.69, 9.17) is 0 Å². The van der Waals surface area contributed by atoms with Gasteiger partial charge < -0.3 is 21.9 Å². The van der Waals surface area contributed by atoms with Crippen LogP contribution in [0.15, 0.2) is 0 Å². The van der Waals surface area contributed by atoms with Crippen LogP contribution < -0.4 is 51.4 Å². The fourth-order valence-corrected chi connectivity index (χ4v) is 0. The first kappa shape index (κ1) is 106. The zero-order valence-electron chi connectivity index (χ0n) is 3.43. The van der Waals surface area contributed by atoms with Gasteiger partial charge in [0.25, 0.3) is 0 Å². The summed E-state index contributed by atoms with van der Waals surface area (Å²) >= 11 is 0. The van der Waals surface area contributed by atoms with Crippen molar-refractivity contribution in [3.05, 3.63) is 0 Å². The molecule has 0 aromatic carbocycles. The van der Waals surface area contributed by atoms with Gasteiger partial charge in [-0.1, -0.05) is 0 Å². The van der Waals surface area contributed by atoms with Crippen molar-refractivity contribution in [1.82, 2.24) is 0 Å². The summed E-state index contributed by atoms with van der Waals surface area (Å²) in [6.45, 7) is 0. The molecule has 0 N–H and O–H groups in total. The average molecular weight is 210 g/mol. The van der Waals surface area contributed by atoms with Crippen LogP contribution in [0.5, 0.6) is 0 Å². The Morgan fingerprint density at radius 3 is 0.571 bits per heavy atom. The van der Waals surface area contributed by atoms with Crippen LogP contribution in [0.1, 0.15) is 0 Å². The summed E-state index contributed by atoms with van der Waals surface area (Å²) in [6.07, 6.45) is 0. The smallest absolute Gasteiger partial charge is 2.00 e. The Balaban J connectivity index is 0. The zero-order chi connectivity index (χ0) is 0. The molecule has 0 aliphatic rings. The van der Waals surface area contributed by atoms with Crippen LogP contribution in [0, 0.1) is 0 Å². The normalized spacial score (nSPS) is 0. The molecule has 0 amide bonds. The minimum atomic E-state index is 0. The Bertz CT molecular complexity index is 11.7. The first-order chi connectivity index (χ1) is 0. The van der Waals surface area contributed by atoms with Gasteiger partial charge in [-0.3, -0.25) is 0 Å². The summed E-state index contributed by atoms with van der Waals surface area (Å²) in [4.78, 5) is 0. The van der Waals surface area contributed by atoms with E-state index in [1.165, 1.54) is 0 Å². The second kappa shape index (κ2) is 74.1. The van der Waals surface area contributed by atoms with Crippen molar-refractivity contribution in [1.29, 1.82) is 0 Å². The second-order valence-electron chi connectivity index (χ2n) is 0. The van der Waals surface area contributed by atoms with Crippen LogP contribution in [-0.2, 0) is 57.5 Å². The van der Waals surface area contributed by atoms with Gasteiger partial charge in [-0.25, -0.2) is 0 Å². The fraction of sp³-hybridized carbons (Fsp3) is 0. The molecule has 0 unspecified atom stereocenters. The SMILES string of the molecule is [Fe+2].[K+].[O-2].[O-2].[O-2].[O-2].[V]. The van der Waals surface area contributed by atoms with Crippen LogP contribution in [0.4, 0.5) is 0 Å². The standard InChI is InChI=1S/Fe.K.4O.V/q+2;+1;4*-2;. The summed E-state index contributed by atoms with van der Waals surface area (Å²) in [5.41, 5.74) is 0. The van der Waals surface area contributed by atoms with Gasteiger partial charge in [0.05, 0.1) is 0 Å². The molecule has 7 heavy (non-hydrogen) atoms. The molecule has 0 rings (SSSR count). The van der Waals surface area contributed by atoms with E-state index in [0.29, 0.717) is 0 Å². The third kappa shape index (κ3) is 55.8. The molecular weight excluding hydrogens is 210 g/mol. The van der Waals surface area contributed by atoms with E-state index >= 15 is 0 Å². The Kier molecular flexibility index (Phi) is 1120. The van der Waals surface area contributed by atoms with Gasteiger partial charge in [0, 0.05) is 18.6 Å². The maximum absolute atomic E-state index is 0. The molecule has 0 saturated carbocycles. The van der Waals surface area contributed by atoms with Crippen molar-refractivity contribution in [3.8, 4) is 0 Å². The number of hydrogen-bond acceptors (Lipinski definition) is 0. The molecule has 0 aliphatic heterocycles. The molecule has 43 valence electrons. The first-order valence-corrected chi connectivity index (χ1v) is 0. The van der Waals surface area contributed by atoms with Crippen molar-refractivity contribution in [2.24, 2.45) is 0 Å². The quantitative estimate of drug-likeness (QED) is 0.369. The molecule has 0 aromatic heterocycles. The molecule has 7 heteroatoms. The molecule has 0 aliphatic carbocycles. The van der Waals surface area contributed by atoms with Crippen LogP contribution in [0.3, 0.4) is 0 Å². The first-order valence-electron chi connectivity index (χ1n) is 0. The van der Waals surface area contributed by atoms with Crippen molar-refractivity contribution >= 4 is 0 Å². The summed E-state index contributed by atoms with van der Waals surface area (Å²) in [6, 6.07) is 0. The maximum atomic E-state index is 0. The van der Waals surface area contributed by atoms with E-state index in [0.717, 1.165) is 0 Å². The van der Waals surface area contributed by atoms with Gasteiger partial charge in [0.2, 0.25) is 0 Å². The Labute approximate surface area is 107 Å². The van der Waals surface area contributed by atoms with Crippen molar-refractivity contribution < 1.29 is 109 Å². The van der Waals surface area contributed by atoms with Gasteiger partial charge in [0.15, 0.2) is 0 Å². The molecule has 0 atom stereocenters. The van der Waals surface area contributed by atoms with E-state index < -0.39 is 0 Å². The molecule has 1 radical (unpaired) electrons. The van der Waals surface area contributed by atoms with Crippen molar-refractivity contribution in [3.63, 3.8) is 0 Å². The second-order valence-corrected chi connectivity index (χ2v) is 0. The molecule has 0 heterocycles. The van der Waals surface area contributed by atoms with E-state index in [2.05, 4.69) is 0 Å². The van der Waals surface area contributed by atoms with Gasteiger partial charge in [-0.05, 0) is 0 Å². The maximum Gasteiger partial charge on any atom is 2.00 e. The summed E-state index contributed by atoms with van der Waals surface area (Å²) in [5.74, 6) is 0. The van der Waals surface area contributed by atoms with E-state index in [-0.39, 0.29) is 109 Å². The van der Waals surface area contributed by atoms with E-state index in [9.17, 15) is 0 Å². The Morgan fingerprint density at radius 1 is 0.571 bits per heavy atom. The Hall–Kier alpha value is 2.58. The third-order valence-electron chi connectivity index (χ3n) is 0. The molecule has 0 bridgehead atoms. The minimum Gasteiger partial charge on any atom is -2.00 e. The van der Waals surface area contributed by atoms with E-state index in [1.807, 2.05) is 0 Å². The van der Waals surface area contributed by atoms with Crippen molar-refractivity contribution in [2.45, 2.75) is 0 Å². The predicted molar refractivity (Wildman–Crippen MR) is 2.75 cm³/mol. The van der Waals surface area contributed by atoms with Gasteiger partial charge in [-0.15, -0.1) is 0 Å². The van der Waals surface area contributed by atoms with Gasteiger partial charge >= 0.3 is 68.5 Å². The third-order valence-corrected chi connectivity index (χ3v) is 0. The molecule has 4 nitrogen and oxygen atoms in total. The molecule has 0 aromatic rings. The monoisotopic (exact) mass is 210 g/mol. The molecule has 0 fully saturated rings. The summed E-state index contributed by atoms with van der Waals surface area (Å²) < 4.78 is 0. The van der Waals surface area contributed by atoms with Gasteiger partial charge in [0.1, 0.15) is 0 Å². The van der Waals surface area contributed by atoms with Crippen LogP contribution in [-0.4, -0.2) is 0 Å². The summed E-state index contributed by atoms with van der Waals surface area (Å²) in [7, 11) is 0. The molecule has 0 spiro atoms. The van der Waals surface area contributed by atoms with Crippen LogP contribution >= 0.6 is 0 Å². The molecule has 0 saturated heterocycles. The molecular formula is FeKO4V-5. The van der Waals surface area contributed by atoms with Crippen LogP contribution in [0.25, 0.3) is 0 Å². The largest absolute Gasteiger partial charge is 2.00 e. The summed E-state index contributed by atoms with van der Waals surface area (Å²) in [5, 5.41) is 0. The Morgan fingerprint density at radius 2 is 0.571 bits per heavy atom.